The average Bonchev–Trinajstić information content (AvgIpc) is 2.79. The Hall–Kier alpha value is -1.82. The number of nitrogens with zero attached hydrogens (tertiary/aromatic N) is 3. The van der Waals surface area contributed by atoms with Gasteiger partial charge in [0.2, 0.25) is 0 Å². The number of imidazole rings is 1. The molecule has 0 unspecified atom stereocenters. The van der Waals surface area contributed by atoms with E-state index in [9.17, 15) is 8.42 Å². The summed E-state index contributed by atoms with van der Waals surface area (Å²) in [4.78, 5) is 6.79. The van der Waals surface area contributed by atoms with E-state index < -0.39 is 9.84 Å². The van der Waals surface area contributed by atoms with Crippen LogP contribution in [-0.2, 0) is 23.4 Å². The lowest BCUT2D eigenvalue weighted by molar-refractivity contribution is 0.589. The van der Waals surface area contributed by atoms with Crippen molar-refractivity contribution in [3.63, 3.8) is 0 Å². The molecule has 0 N–H and O–H groups in total. The number of aromatic nitrogens is 2. The predicted molar refractivity (Wildman–Crippen MR) is 72.8 cm³/mol. The molecular weight excluding hydrogens is 262 g/mol. The molecule has 0 bridgehead atoms. The van der Waals surface area contributed by atoms with E-state index in [1.165, 1.54) is 0 Å². The first-order valence-electron chi connectivity index (χ1n) is 6.10. The van der Waals surface area contributed by atoms with Crippen molar-refractivity contribution in [3.8, 4) is 0 Å². The van der Waals surface area contributed by atoms with E-state index in [4.69, 9.17) is 0 Å². The maximum Gasteiger partial charge on any atom is 0.182 e. The molecule has 19 heavy (non-hydrogen) atoms. The summed E-state index contributed by atoms with van der Waals surface area (Å²) in [6.07, 6.45) is 3.70. The summed E-state index contributed by atoms with van der Waals surface area (Å²) in [6.45, 7) is 1.14. The van der Waals surface area contributed by atoms with E-state index in [1.807, 2.05) is 29.9 Å². The first-order valence-corrected chi connectivity index (χ1v) is 7.75. The number of anilines is 1. The molecule has 2 heterocycles. The zero-order valence-electron chi connectivity index (χ0n) is 10.7. The van der Waals surface area contributed by atoms with Crippen LogP contribution in [0.1, 0.15) is 5.69 Å². The Kier molecular flexibility index (Phi) is 2.82. The van der Waals surface area contributed by atoms with E-state index in [2.05, 4.69) is 9.88 Å². The molecule has 2 aromatic rings. The molecule has 0 radical (unpaired) electrons. The van der Waals surface area contributed by atoms with E-state index in [0.717, 1.165) is 11.4 Å². The molecule has 0 spiro atoms. The Morgan fingerprint density at radius 2 is 2.11 bits per heavy atom. The molecule has 1 aromatic carbocycles. The van der Waals surface area contributed by atoms with Gasteiger partial charge in [-0.15, -0.1) is 0 Å². The molecule has 1 aliphatic rings. The molecule has 0 saturated carbocycles. The molecule has 100 valence electrons. The minimum atomic E-state index is -3.13. The Morgan fingerprint density at radius 1 is 1.32 bits per heavy atom. The van der Waals surface area contributed by atoms with Crippen LogP contribution in [0.4, 0.5) is 5.69 Å². The van der Waals surface area contributed by atoms with Crippen molar-refractivity contribution in [1.29, 1.82) is 0 Å². The van der Waals surface area contributed by atoms with Gasteiger partial charge in [0, 0.05) is 19.8 Å². The lowest BCUT2D eigenvalue weighted by atomic mass is 10.2. The first-order chi connectivity index (χ1) is 9.06. The second kappa shape index (κ2) is 4.38. The predicted octanol–water partition coefficient (Wildman–Crippen LogP) is 1.21. The van der Waals surface area contributed by atoms with Crippen molar-refractivity contribution in [1.82, 2.24) is 9.55 Å². The number of benzene rings is 1. The molecule has 3 rings (SSSR count). The van der Waals surface area contributed by atoms with Crippen LogP contribution in [0, 0.1) is 0 Å². The molecule has 0 saturated heterocycles. The van der Waals surface area contributed by atoms with E-state index in [1.54, 1.807) is 18.5 Å². The number of hydrogen-bond acceptors (Lipinski definition) is 4. The minimum Gasteiger partial charge on any atom is -0.363 e. The monoisotopic (exact) mass is 277 g/mol. The fourth-order valence-corrected chi connectivity index (χ4v) is 3.83. The van der Waals surface area contributed by atoms with Crippen LogP contribution in [-0.4, -0.2) is 30.3 Å². The van der Waals surface area contributed by atoms with Crippen molar-refractivity contribution in [2.45, 2.75) is 11.4 Å². The average molecular weight is 277 g/mol. The zero-order chi connectivity index (χ0) is 13.5. The van der Waals surface area contributed by atoms with Crippen LogP contribution in [0.3, 0.4) is 0 Å². The summed E-state index contributed by atoms with van der Waals surface area (Å²) in [5, 5.41) is 0. The van der Waals surface area contributed by atoms with Crippen LogP contribution in [0.2, 0.25) is 0 Å². The van der Waals surface area contributed by atoms with Gasteiger partial charge in [-0.25, -0.2) is 13.4 Å². The van der Waals surface area contributed by atoms with Gasteiger partial charge in [-0.05, 0) is 12.1 Å². The van der Waals surface area contributed by atoms with Gasteiger partial charge in [-0.3, -0.25) is 0 Å². The highest BCUT2D eigenvalue weighted by Gasteiger charge is 2.27. The number of aryl methyl sites for hydroxylation is 1. The van der Waals surface area contributed by atoms with Gasteiger partial charge >= 0.3 is 0 Å². The summed E-state index contributed by atoms with van der Waals surface area (Å²) in [5.41, 5.74) is 1.72. The van der Waals surface area contributed by atoms with Crippen molar-refractivity contribution in [3.05, 3.63) is 42.5 Å². The number of fused-ring (bicyclic) bond motifs is 1. The Bertz CT molecular complexity index is 706. The summed E-state index contributed by atoms with van der Waals surface area (Å²) in [7, 11) is -1.21. The van der Waals surface area contributed by atoms with Crippen LogP contribution in [0.15, 0.2) is 41.7 Å². The topological polar surface area (TPSA) is 55.2 Å². The van der Waals surface area contributed by atoms with Crippen LogP contribution < -0.4 is 4.90 Å². The summed E-state index contributed by atoms with van der Waals surface area (Å²) >= 11 is 0. The third kappa shape index (κ3) is 2.23. The fraction of sp³-hybridized carbons (Fsp3) is 0.308. The molecule has 5 nitrogen and oxygen atoms in total. The van der Waals surface area contributed by atoms with Gasteiger partial charge in [0.05, 0.1) is 34.9 Å². The smallest absolute Gasteiger partial charge is 0.182 e. The fourth-order valence-electron chi connectivity index (χ4n) is 2.35. The van der Waals surface area contributed by atoms with E-state index >= 15 is 0 Å². The highest BCUT2D eigenvalue weighted by Crippen LogP contribution is 2.30. The van der Waals surface area contributed by atoms with E-state index in [-0.39, 0.29) is 5.75 Å². The first kappa shape index (κ1) is 12.2. The Morgan fingerprint density at radius 3 is 2.84 bits per heavy atom. The number of hydrogen-bond donors (Lipinski definition) is 0. The Labute approximate surface area is 112 Å². The molecule has 1 aromatic heterocycles. The van der Waals surface area contributed by atoms with Crippen molar-refractivity contribution < 1.29 is 8.42 Å². The van der Waals surface area contributed by atoms with Crippen molar-refractivity contribution in [2.75, 3.05) is 17.2 Å². The lowest BCUT2D eigenvalue weighted by Gasteiger charge is -2.30. The number of rotatable bonds is 2. The van der Waals surface area contributed by atoms with Crippen LogP contribution in [0.25, 0.3) is 0 Å². The zero-order valence-corrected chi connectivity index (χ0v) is 11.5. The maximum absolute atomic E-state index is 12.0. The van der Waals surface area contributed by atoms with Gasteiger partial charge in [0.1, 0.15) is 0 Å². The molecule has 0 fully saturated rings. The van der Waals surface area contributed by atoms with Gasteiger partial charge in [-0.2, -0.15) is 0 Å². The minimum absolute atomic E-state index is 0.164. The summed E-state index contributed by atoms with van der Waals surface area (Å²) in [5.74, 6) is 0.164. The van der Waals surface area contributed by atoms with Crippen molar-refractivity contribution in [2.24, 2.45) is 7.05 Å². The molecule has 0 aliphatic carbocycles. The summed E-state index contributed by atoms with van der Waals surface area (Å²) < 4.78 is 25.9. The normalized spacial score (nSPS) is 17.2. The standard InChI is InChI=1S/C13H15N3O2S/c1-15-8-11(14-10-15)9-16-6-7-19(17,18)13-5-3-2-4-12(13)16/h2-5,8,10H,6-7,9H2,1H3. The molecule has 6 heteroatoms. The molecule has 1 aliphatic heterocycles. The maximum atomic E-state index is 12.0. The van der Waals surface area contributed by atoms with E-state index in [0.29, 0.717) is 18.0 Å². The van der Waals surface area contributed by atoms with Crippen LogP contribution >= 0.6 is 0 Å². The molecule has 0 amide bonds. The van der Waals surface area contributed by atoms with Gasteiger partial charge in [0.25, 0.3) is 0 Å². The second-order valence-corrected chi connectivity index (χ2v) is 6.82. The van der Waals surface area contributed by atoms with Crippen molar-refractivity contribution >= 4 is 15.5 Å². The largest absolute Gasteiger partial charge is 0.363 e. The second-order valence-electron chi connectivity index (χ2n) is 4.74. The lowest BCUT2D eigenvalue weighted by Crippen LogP contribution is -2.34. The third-order valence-electron chi connectivity index (χ3n) is 3.28. The van der Waals surface area contributed by atoms with Gasteiger partial charge in [-0.1, -0.05) is 12.1 Å². The SMILES string of the molecule is Cn1cnc(CN2CCS(=O)(=O)c3ccccc32)c1. The quantitative estimate of drug-likeness (QED) is 0.828. The highest BCUT2D eigenvalue weighted by atomic mass is 32.2. The molecule has 0 atom stereocenters. The number of para-hydroxylation sites is 1. The molecular formula is C13H15N3O2S. The third-order valence-corrected chi connectivity index (χ3v) is 5.02. The number of sulfone groups is 1. The van der Waals surface area contributed by atoms with Crippen LogP contribution in [0.5, 0.6) is 0 Å². The Balaban J connectivity index is 1.97. The van der Waals surface area contributed by atoms with Gasteiger partial charge in [0.15, 0.2) is 9.84 Å². The summed E-state index contributed by atoms with van der Waals surface area (Å²) in [6, 6.07) is 7.16. The highest BCUT2D eigenvalue weighted by molar-refractivity contribution is 7.91. The van der Waals surface area contributed by atoms with Gasteiger partial charge < -0.3 is 9.47 Å².